The van der Waals surface area contributed by atoms with Crippen LogP contribution in [0.3, 0.4) is 0 Å². The number of nitrogens with zero attached hydrogens (tertiary/aromatic N) is 4. The second kappa shape index (κ2) is 5.80. The van der Waals surface area contributed by atoms with E-state index in [1.54, 1.807) is 6.20 Å². The molecule has 0 atom stereocenters. The minimum atomic E-state index is 0.665. The van der Waals surface area contributed by atoms with Crippen LogP contribution in [0.25, 0.3) is 22.4 Å². The molecule has 3 aromatic rings. The Morgan fingerprint density at radius 1 is 0.913 bits per heavy atom. The summed E-state index contributed by atoms with van der Waals surface area (Å²) in [5.74, 6) is 1.03. The maximum Gasteiger partial charge on any atom is 0.128 e. The molecule has 1 saturated carbocycles. The summed E-state index contributed by atoms with van der Waals surface area (Å²) in [5.41, 5.74) is 4.10. The van der Waals surface area contributed by atoms with Gasteiger partial charge >= 0.3 is 0 Å². The van der Waals surface area contributed by atoms with Crippen molar-refractivity contribution in [3.8, 4) is 22.4 Å². The lowest BCUT2D eigenvalue weighted by molar-refractivity contribution is 0.892. The van der Waals surface area contributed by atoms with Crippen LogP contribution in [-0.2, 0) is 0 Å². The molecular formula is C19H18N4. The van der Waals surface area contributed by atoms with Crippen molar-refractivity contribution in [1.82, 2.24) is 15.0 Å². The summed E-state index contributed by atoms with van der Waals surface area (Å²) in [5, 5.41) is 0. The molecule has 1 fully saturated rings. The van der Waals surface area contributed by atoms with Gasteiger partial charge in [0.2, 0.25) is 0 Å². The minimum absolute atomic E-state index is 0.665. The fourth-order valence-corrected chi connectivity index (χ4v) is 2.77. The van der Waals surface area contributed by atoms with Crippen LogP contribution in [0.2, 0.25) is 0 Å². The maximum atomic E-state index is 4.63. The van der Waals surface area contributed by atoms with Crippen molar-refractivity contribution in [2.75, 3.05) is 11.9 Å². The van der Waals surface area contributed by atoms with Crippen LogP contribution in [0.4, 0.5) is 5.82 Å². The molecule has 0 saturated heterocycles. The summed E-state index contributed by atoms with van der Waals surface area (Å²) in [6.07, 6.45) is 9.91. The van der Waals surface area contributed by atoms with E-state index >= 15 is 0 Å². The Morgan fingerprint density at radius 2 is 1.78 bits per heavy atom. The first kappa shape index (κ1) is 13.9. The molecule has 4 heteroatoms. The Morgan fingerprint density at radius 3 is 2.48 bits per heavy atom. The highest BCUT2D eigenvalue weighted by atomic mass is 15.2. The van der Waals surface area contributed by atoms with E-state index in [4.69, 9.17) is 0 Å². The molecule has 0 N–H and O–H groups in total. The summed E-state index contributed by atoms with van der Waals surface area (Å²) in [6, 6.07) is 12.9. The molecule has 0 unspecified atom stereocenters. The number of rotatable bonds is 4. The SMILES string of the molecule is CN(c1ccc(-c2cccnc2-c2cccnc2)cn1)C1CC1. The zero-order valence-corrected chi connectivity index (χ0v) is 13.1. The first-order valence-electron chi connectivity index (χ1n) is 7.87. The van der Waals surface area contributed by atoms with E-state index < -0.39 is 0 Å². The molecule has 4 rings (SSSR count). The topological polar surface area (TPSA) is 41.9 Å². The standard InChI is InChI=1S/C19H18N4/c1-23(16-7-8-16)18-9-6-14(13-22-18)17-5-3-11-21-19(17)15-4-2-10-20-12-15/h2-6,9-13,16H,7-8H2,1H3. The van der Waals surface area contributed by atoms with Crippen molar-refractivity contribution >= 4 is 5.82 Å². The molecule has 3 heterocycles. The van der Waals surface area contributed by atoms with Gasteiger partial charge in [0.15, 0.2) is 0 Å². The average Bonchev–Trinajstić information content (AvgIpc) is 3.47. The van der Waals surface area contributed by atoms with Gasteiger partial charge in [-0.2, -0.15) is 0 Å². The van der Waals surface area contributed by atoms with E-state index in [1.165, 1.54) is 12.8 Å². The van der Waals surface area contributed by atoms with E-state index in [0.717, 1.165) is 28.2 Å². The maximum absolute atomic E-state index is 4.63. The van der Waals surface area contributed by atoms with Crippen molar-refractivity contribution in [3.05, 3.63) is 61.2 Å². The molecule has 0 amide bonds. The summed E-state index contributed by atoms with van der Waals surface area (Å²) in [6.45, 7) is 0. The quantitative estimate of drug-likeness (QED) is 0.735. The highest BCUT2D eigenvalue weighted by Gasteiger charge is 2.27. The Hall–Kier alpha value is -2.75. The fourth-order valence-electron chi connectivity index (χ4n) is 2.77. The number of hydrogen-bond acceptors (Lipinski definition) is 4. The summed E-state index contributed by atoms with van der Waals surface area (Å²) >= 11 is 0. The van der Waals surface area contributed by atoms with Gasteiger partial charge in [0.1, 0.15) is 5.82 Å². The molecule has 3 aromatic heterocycles. The van der Waals surface area contributed by atoms with E-state index in [-0.39, 0.29) is 0 Å². The van der Waals surface area contributed by atoms with Crippen LogP contribution < -0.4 is 4.90 Å². The smallest absolute Gasteiger partial charge is 0.128 e. The second-order valence-electron chi connectivity index (χ2n) is 5.89. The fraction of sp³-hybridized carbons (Fsp3) is 0.211. The van der Waals surface area contributed by atoms with Crippen molar-refractivity contribution in [3.63, 3.8) is 0 Å². The van der Waals surface area contributed by atoms with Crippen LogP contribution in [0, 0.1) is 0 Å². The summed E-state index contributed by atoms with van der Waals surface area (Å²) < 4.78 is 0. The van der Waals surface area contributed by atoms with Gasteiger partial charge < -0.3 is 4.90 Å². The third-order valence-corrected chi connectivity index (χ3v) is 4.26. The highest BCUT2D eigenvalue weighted by Crippen LogP contribution is 2.32. The van der Waals surface area contributed by atoms with Gasteiger partial charge in [0.25, 0.3) is 0 Å². The Balaban J connectivity index is 1.71. The third kappa shape index (κ3) is 2.80. The molecule has 4 nitrogen and oxygen atoms in total. The van der Waals surface area contributed by atoms with E-state index in [9.17, 15) is 0 Å². The zero-order valence-electron chi connectivity index (χ0n) is 13.1. The number of aromatic nitrogens is 3. The minimum Gasteiger partial charge on any atom is -0.357 e. The van der Waals surface area contributed by atoms with Gasteiger partial charge in [-0.25, -0.2) is 4.98 Å². The second-order valence-corrected chi connectivity index (χ2v) is 5.89. The summed E-state index contributed by atoms with van der Waals surface area (Å²) in [7, 11) is 2.12. The van der Waals surface area contributed by atoms with E-state index in [2.05, 4.69) is 45.1 Å². The van der Waals surface area contributed by atoms with Crippen LogP contribution in [0.15, 0.2) is 61.2 Å². The largest absolute Gasteiger partial charge is 0.357 e. The molecule has 0 aliphatic heterocycles. The molecule has 0 spiro atoms. The lowest BCUT2D eigenvalue weighted by Crippen LogP contribution is -2.20. The first-order chi connectivity index (χ1) is 11.3. The molecule has 1 aliphatic carbocycles. The lowest BCUT2D eigenvalue weighted by atomic mass is 10.0. The predicted molar refractivity (Wildman–Crippen MR) is 92.1 cm³/mol. The van der Waals surface area contributed by atoms with Crippen molar-refractivity contribution in [1.29, 1.82) is 0 Å². The van der Waals surface area contributed by atoms with Crippen LogP contribution >= 0.6 is 0 Å². The van der Waals surface area contributed by atoms with E-state index in [0.29, 0.717) is 6.04 Å². The summed E-state index contributed by atoms with van der Waals surface area (Å²) in [4.78, 5) is 15.6. The van der Waals surface area contributed by atoms with Crippen molar-refractivity contribution < 1.29 is 0 Å². The van der Waals surface area contributed by atoms with Gasteiger partial charge in [0.05, 0.1) is 5.69 Å². The molecule has 1 aliphatic rings. The average molecular weight is 302 g/mol. The molecular weight excluding hydrogens is 284 g/mol. The van der Waals surface area contributed by atoms with Crippen molar-refractivity contribution in [2.24, 2.45) is 0 Å². The zero-order chi connectivity index (χ0) is 15.6. The van der Waals surface area contributed by atoms with Crippen LogP contribution in [0.5, 0.6) is 0 Å². The molecule has 114 valence electrons. The third-order valence-electron chi connectivity index (χ3n) is 4.26. The van der Waals surface area contributed by atoms with Crippen LogP contribution in [-0.4, -0.2) is 28.0 Å². The monoisotopic (exact) mass is 302 g/mol. The normalized spacial score (nSPS) is 13.8. The van der Waals surface area contributed by atoms with Gasteiger partial charge in [-0.1, -0.05) is 6.07 Å². The Kier molecular flexibility index (Phi) is 3.50. The molecule has 0 bridgehead atoms. The van der Waals surface area contributed by atoms with Crippen molar-refractivity contribution in [2.45, 2.75) is 18.9 Å². The molecule has 23 heavy (non-hydrogen) atoms. The number of hydrogen-bond donors (Lipinski definition) is 0. The van der Waals surface area contributed by atoms with Gasteiger partial charge in [-0.3, -0.25) is 9.97 Å². The van der Waals surface area contributed by atoms with Gasteiger partial charge in [-0.15, -0.1) is 0 Å². The highest BCUT2D eigenvalue weighted by molar-refractivity contribution is 5.80. The first-order valence-corrected chi connectivity index (χ1v) is 7.87. The van der Waals surface area contributed by atoms with Gasteiger partial charge in [-0.05, 0) is 43.2 Å². The molecule has 0 radical (unpaired) electrons. The lowest BCUT2D eigenvalue weighted by Gasteiger charge is -2.17. The Bertz CT molecular complexity index is 795. The Labute approximate surface area is 135 Å². The van der Waals surface area contributed by atoms with E-state index in [1.807, 2.05) is 36.8 Å². The number of anilines is 1. The number of pyridine rings is 3. The van der Waals surface area contributed by atoms with Crippen LogP contribution in [0.1, 0.15) is 12.8 Å². The predicted octanol–water partition coefficient (Wildman–Crippen LogP) is 3.80. The van der Waals surface area contributed by atoms with Gasteiger partial charge in [0, 0.05) is 54.6 Å². The molecule has 0 aromatic carbocycles.